The predicted octanol–water partition coefficient (Wildman–Crippen LogP) is 2.41. The van der Waals surface area contributed by atoms with Crippen molar-refractivity contribution in [1.82, 2.24) is 9.97 Å². The fraction of sp³-hybridized carbons (Fsp3) is 0.429. The van der Waals surface area contributed by atoms with E-state index in [9.17, 15) is 9.59 Å². The summed E-state index contributed by atoms with van der Waals surface area (Å²) in [6.07, 6.45) is 3.25. The molecular formula is C21H25N3O6. The van der Waals surface area contributed by atoms with Crippen LogP contribution in [-0.4, -0.2) is 62.4 Å². The first-order chi connectivity index (χ1) is 14.5. The van der Waals surface area contributed by atoms with Crippen LogP contribution in [0.5, 0.6) is 11.6 Å². The summed E-state index contributed by atoms with van der Waals surface area (Å²) in [5.74, 6) is 0.571. The molecule has 0 aromatic carbocycles. The Balaban J connectivity index is 1.72. The highest BCUT2D eigenvalue weighted by molar-refractivity contribution is 6.02. The van der Waals surface area contributed by atoms with E-state index in [2.05, 4.69) is 14.9 Å². The lowest BCUT2D eigenvalue weighted by molar-refractivity contribution is 0.0550. The Morgan fingerprint density at radius 2 is 1.77 bits per heavy atom. The SMILES string of the molecule is COC(=O)c1cc(C)c(N2CCC(Oc3ccc(OC)nc3)CC2)nc1C(=O)OC. The molecule has 0 atom stereocenters. The van der Waals surface area contributed by atoms with Crippen LogP contribution in [0.1, 0.15) is 39.3 Å². The van der Waals surface area contributed by atoms with Crippen LogP contribution >= 0.6 is 0 Å². The van der Waals surface area contributed by atoms with Crippen LogP contribution < -0.4 is 14.4 Å². The van der Waals surface area contributed by atoms with Crippen molar-refractivity contribution in [3.8, 4) is 11.6 Å². The van der Waals surface area contributed by atoms with Gasteiger partial charge in [-0.15, -0.1) is 0 Å². The lowest BCUT2D eigenvalue weighted by Crippen LogP contribution is -2.39. The highest BCUT2D eigenvalue weighted by Crippen LogP contribution is 2.27. The molecule has 0 spiro atoms. The van der Waals surface area contributed by atoms with E-state index >= 15 is 0 Å². The number of methoxy groups -OCH3 is 3. The first-order valence-electron chi connectivity index (χ1n) is 9.56. The molecule has 0 unspecified atom stereocenters. The fourth-order valence-electron chi connectivity index (χ4n) is 3.38. The van der Waals surface area contributed by atoms with Crippen molar-refractivity contribution in [2.45, 2.75) is 25.9 Å². The summed E-state index contributed by atoms with van der Waals surface area (Å²) in [6.45, 7) is 3.24. The number of esters is 2. The molecule has 0 bridgehead atoms. The third-order valence-electron chi connectivity index (χ3n) is 4.93. The first-order valence-corrected chi connectivity index (χ1v) is 9.56. The molecule has 2 aromatic heterocycles. The van der Waals surface area contributed by atoms with E-state index in [4.69, 9.17) is 18.9 Å². The zero-order valence-electron chi connectivity index (χ0n) is 17.5. The molecule has 3 heterocycles. The summed E-state index contributed by atoms with van der Waals surface area (Å²) in [7, 11) is 4.08. The number of aryl methyl sites for hydroxylation is 1. The first kappa shape index (κ1) is 21.4. The molecule has 0 saturated carbocycles. The smallest absolute Gasteiger partial charge is 0.357 e. The van der Waals surface area contributed by atoms with Gasteiger partial charge in [-0.3, -0.25) is 0 Å². The van der Waals surface area contributed by atoms with Crippen LogP contribution in [-0.2, 0) is 9.47 Å². The molecule has 3 rings (SSSR count). The molecule has 0 amide bonds. The second-order valence-corrected chi connectivity index (χ2v) is 6.85. The number of ether oxygens (including phenoxy) is 4. The molecule has 9 heteroatoms. The molecule has 0 N–H and O–H groups in total. The van der Waals surface area contributed by atoms with Crippen molar-refractivity contribution >= 4 is 17.8 Å². The van der Waals surface area contributed by atoms with Crippen molar-refractivity contribution in [3.63, 3.8) is 0 Å². The van der Waals surface area contributed by atoms with Crippen LogP contribution in [0.25, 0.3) is 0 Å². The Morgan fingerprint density at radius 3 is 2.33 bits per heavy atom. The van der Waals surface area contributed by atoms with E-state index in [1.54, 1.807) is 25.4 Å². The zero-order valence-corrected chi connectivity index (χ0v) is 17.5. The van der Waals surface area contributed by atoms with Crippen molar-refractivity contribution < 1.29 is 28.5 Å². The number of hydrogen-bond acceptors (Lipinski definition) is 9. The van der Waals surface area contributed by atoms with Gasteiger partial charge in [-0.1, -0.05) is 0 Å². The number of anilines is 1. The number of hydrogen-bond donors (Lipinski definition) is 0. The van der Waals surface area contributed by atoms with Gasteiger partial charge in [0.25, 0.3) is 0 Å². The maximum Gasteiger partial charge on any atom is 0.357 e. The summed E-state index contributed by atoms with van der Waals surface area (Å²) in [6, 6.07) is 5.21. The Hall–Kier alpha value is -3.36. The average molecular weight is 415 g/mol. The molecule has 30 heavy (non-hydrogen) atoms. The van der Waals surface area contributed by atoms with E-state index in [0.29, 0.717) is 30.5 Å². The molecule has 2 aromatic rings. The maximum absolute atomic E-state index is 12.2. The highest BCUT2D eigenvalue weighted by Gasteiger charge is 2.27. The second kappa shape index (κ2) is 9.43. The van der Waals surface area contributed by atoms with Gasteiger partial charge in [0.05, 0.1) is 33.1 Å². The zero-order chi connectivity index (χ0) is 21.7. The molecule has 1 aliphatic rings. The van der Waals surface area contributed by atoms with Gasteiger partial charge in [0.2, 0.25) is 5.88 Å². The van der Waals surface area contributed by atoms with E-state index in [-0.39, 0.29) is 17.4 Å². The Bertz CT molecular complexity index is 908. The summed E-state index contributed by atoms with van der Waals surface area (Å²) >= 11 is 0. The number of carbonyl (C=O) groups is 2. The van der Waals surface area contributed by atoms with Crippen molar-refractivity contribution in [1.29, 1.82) is 0 Å². The van der Waals surface area contributed by atoms with Crippen molar-refractivity contribution in [2.24, 2.45) is 0 Å². The average Bonchev–Trinajstić information content (AvgIpc) is 2.79. The van der Waals surface area contributed by atoms with Gasteiger partial charge in [0.15, 0.2) is 5.69 Å². The van der Waals surface area contributed by atoms with Gasteiger partial charge < -0.3 is 23.8 Å². The number of aromatic nitrogens is 2. The number of pyridine rings is 2. The Labute approximate surface area is 174 Å². The van der Waals surface area contributed by atoms with Crippen LogP contribution in [0.4, 0.5) is 5.82 Å². The van der Waals surface area contributed by atoms with Crippen LogP contribution in [0, 0.1) is 6.92 Å². The van der Waals surface area contributed by atoms with Gasteiger partial charge >= 0.3 is 11.9 Å². The standard InChI is InChI=1S/C21H25N3O6/c1-13-11-16(20(25)28-3)18(21(26)29-4)23-19(13)24-9-7-14(8-10-24)30-15-5-6-17(27-2)22-12-15/h5-6,11-12,14H,7-10H2,1-4H3. The third-order valence-corrected chi connectivity index (χ3v) is 4.93. The van der Waals surface area contributed by atoms with Gasteiger partial charge in [-0.25, -0.2) is 19.6 Å². The largest absolute Gasteiger partial charge is 0.489 e. The summed E-state index contributed by atoms with van der Waals surface area (Å²) < 4.78 is 20.6. The van der Waals surface area contributed by atoms with Gasteiger partial charge in [0, 0.05) is 32.0 Å². The second-order valence-electron chi connectivity index (χ2n) is 6.85. The van der Waals surface area contributed by atoms with Crippen molar-refractivity contribution in [3.05, 3.63) is 41.2 Å². The quantitative estimate of drug-likeness (QED) is 0.658. The lowest BCUT2D eigenvalue weighted by atomic mass is 10.1. The number of carbonyl (C=O) groups excluding carboxylic acids is 2. The van der Waals surface area contributed by atoms with Crippen molar-refractivity contribution in [2.75, 3.05) is 39.3 Å². The molecule has 0 radical (unpaired) electrons. The number of nitrogens with zero attached hydrogens (tertiary/aromatic N) is 3. The monoisotopic (exact) mass is 415 g/mol. The lowest BCUT2D eigenvalue weighted by Gasteiger charge is -2.34. The Morgan fingerprint density at radius 1 is 1.07 bits per heavy atom. The van der Waals surface area contributed by atoms with Crippen LogP contribution in [0.2, 0.25) is 0 Å². The predicted molar refractivity (Wildman–Crippen MR) is 108 cm³/mol. The van der Waals surface area contributed by atoms with E-state index in [1.165, 1.54) is 14.2 Å². The minimum atomic E-state index is -0.679. The fourth-order valence-corrected chi connectivity index (χ4v) is 3.38. The normalized spacial score (nSPS) is 14.2. The summed E-state index contributed by atoms with van der Waals surface area (Å²) in [4.78, 5) is 34.9. The van der Waals surface area contributed by atoms with Crippen LogP contribution in [0.15, 0.2) is 24.4 Å². The van der Waals surface area contributed by atoms with Gasteiger partial charge in [-0.05, 0) is 24.6 Å². The minimum Gasteiger partial charge on any atom is -0.489 e. The number of rotatable bonds is 6. The highest BCUT2D eigenvalue weighted by atomic mass is 16.5. The molecule has 9 nitrogen and oxygen atoms in total. The number of piperidine rings is 1. The Kier molecular flexibility index (Phi) is 6.71. The van der Waals surface area contributed by atoms with E-state index in [0.717, 1.165) is 18.4 Å². The summed E-state index contributed by atoms with van der Waals surface area (Å²) in [5.41, 5.74) is 0.824. The molecule has 160 valence electrons. The molecule has 1 saturated heterocycles. The topological polar surface area (TPSA) is 100 Å². The van der Waals surface area contributed by atoms with E-state index in [1.807, 2.05) is 13.0 Å². The third kappa shape index (κ3) is 4.61. The molecular weight excluding hydrogens is 390 g/mol. The minimum absolute atomic E-state index is 0.0474. The summed E-state index contributed by atoms with van der Waals surface area (Å²) in [5, 5.41) is 0. The molecule has 0 aliphatic carbocycles. The molecule has 1 aliphatic heterocycles. The van der Waals surface area contributed by atoms with Gasteiger partial charge in [-0.2, -0.15) is 0 Å². The maximum atomic E-state index is 12.2. The van der Waals surface area contributed by atoms with Crippen LogP contribution in [0.3, 0.4) is 0 Å². The van der Waals surface area contributed by atoms with E-state index < -0.39 is 11.9 Å². The van der Waals surface area contributed by atoms with Gasteiger partial charge in [0.1, 0.15) is 17.7 Å². The molecule has 1 fully saturated rings.